The van der Waals surface area contributed by atoms with Gasteiger partial charge in [-0.1, -0.05) is 0 Å². The number of hydrogen-bond donors (Lipinski definition) is 2. The number of hydrogen-bond acceptors (Lipinski definition) is 2. The highest BCUT2D eigenvalue weighted by atomic mass is 16.4. The van der Waals surface area contributed by atoms with Crippen LogP contribution in [0, 0.1) is 12.8 Å². The molecule has 1 aromatic heterocycles. The van der Waals surface area contributed by atoms with Crippen LogP contribution < -0.4 is 0 Å². The Bertz CT molecular complexity index is 467. The van der Waals surface area contributed by atoms with E-state index in [4.69, 9.17) is 5.11 Å². The molecule has 5 nitrogen and oxygen atoms in total. The smallest absolute Gasteiger partial charge is 0.308 e. The summed E-state index contributed by atoms with van der Waals surface area (Å²) in [7, 11) is 0. The molecule has 0 radical (unpaired) electrons. The number of likely N-dealkylation sites (tertiary alicyclic amines) is 1. The fourth-order valence-electron chi connectivity index (χ4n) is 2.43. The predicted octanol–water partition coefficient (Wildman–Crippen LogP) is 1.65. The van der Waals surface area contributed by atoms with Gasteiger partial charge >= 0.3 is 5.97 Å². The average molecular weight is 250 g/mol. The van der Waals surface area contributed by atoms with Crippen LogP contribution in [0.3, 0.4) is 0 Å². The van der Waals surface area contributed by atoms with Crippen LogP contribution in [0.2, 0.25) is 0 Å². The van der Waals surface area contributed by atoms with Gasteiger partial charge in [0, 0.05) is 24.5 Å². The van der Waals surface area contributed by atoms with E-state index < -0.39 is 11.9 Å². The number of piperidine rings is 1. The predicted molar refractivity (Wildman–Crippen MR) is 66.4 cm³/mol. The Morgan fingerprint density at radius 3 is 2.72 bits per heavy atom. The summed E-state index contributed by atoms with van der Waals surface area (Å²) in [5, 5.41) is 9.07. The van der Waals surface area contributed by atoms with E-state index in [0.717, 1.165) is 12.1 Å². The third kappa shape index (κ3) is 2.25. The quantitative estimate of drug-likeness (QED) is 0.838. The van der Waals surface area contributed by atoms with Gasteiger partial charge < -0.3 is 15.0 Å². The van der Waals surface area contributed by atoms with Crippen molar-refractivity contribution in [1.82, 2.24) is 9.88 Å². The first-order valence-electron chi connectivity index (χ1n) is 6.18. The summed E-state index contributed by atoms with van der Waals surface area (Å²) in [5.41, 5.74) is 1.46. The van der Waals surface area contributed by atoms with Crippen molar-refractivity contribution < 1.29 is 14.7 Å². The normalized spacial score (nSPS) is 24.0. The van der Waals surface area contributed by atoms with Crippen molar-refractivity contribution in [2.75, 3.05) is 6.54 Å². The number of amides is 1. The molecule has 5 heteroatoms. The van der Waals surface area contributed by atoms with Crippen molar-refractivity contribution in [2.24, 2.45) is 5.92 Å². The van der Waals surface area contributed by atoms with Crippen LogP contribution in [0.1, 0.15) is 35.8 Å². The lowest BCUT2D eigenvalue weighted by Gasteiger charge is -2.36. The molecule has 1 amide bonds. The Morgan fingerprint density at radius 1 is 1.44 bits per heavy atom. The molecule has 0 saturated carbocycles. The van der Waals surface area contributed by atoms with Crippen molar-refractivity contribution in [3.05, 3.63) is 23.5 Å². The molecule has 0 aliphatic carbocycles. The molecule has 98 valence electrons. The first-order chi connectivity index (χ1) is 8.50. The number of carboxylic acid groups (broad SMARTS) is 1. The Balaban J connectivity index is 2.18. The number of nitrogens with one attached hydrogen (secondary N) is 1. The van der Waals surface area contributed by atoms with Crippen molar-refractivity contribution in [1.29, 1.82) is 0 Å². The number of aliphatic carboxylic acids is 1. The number of aryl methyl sites for hydroxylation is 1. The lowest BCUT2D eigenvalue weighted by Crippen LogP contribution is -2.47. The van der Waals surface area contributed by atoms with Crippen LogP contribution >= 0.6 is 0 Å². The third-order valence-electron chi connectivity index (χ3n) is 3.68. The number of H-pyrrole nitrogens is 1. The largest absolute Gasteiger partial charge is 0.481 e. The van der Waals surface area contributed by atoms with E-state index in [1.54, 1.807) is 17.2 Å². The van der Waals surface area contributed by atoms with Crippen LogP contribution in [-0.4, -0.2) is 39.5 Å². The van der Waals surface area contributed by atoms with E-state index in [1.807, 2.05) is 13.8 Å². The standard InChI is InChI=1S/C13H18N2O3/c1-8-3-4-10(13(17)18)7-15(8)12(16)11-5-6-14-9(11)2/h5-6,8,10,14H,3-4,7H2,1-2H3,(H,17,18). The van der Waals surface area contributed by atoms with Crippen LogP contribution in [0.25, 0.3) is 0 Å². The molecule has 0 aromatic carbocycles. The van der Waals surface area contributed by atoms with E-state index in [2.05, 4.69) is 4.98 Å². The Kier molecular flexibility index (Phi) is 3.41. The summed E-state index contributed by atoms with van der Waals surface area (Å²) >= 11 is 0. The number of aromatic amines is 1. The highest BCUT2D eigenvalue weighted by Crippen LogP contribution is 2.24. The molecule has 2 atom stereocenters. The number of aromatic nitrogens is 1. The summed E-state index contributed by atoms with van der Waals surface area (Å²) in [5.74, 6) is -1.33. The maximum absolute atomic E-state index is 12.4. The maximum Gasteiger partial charge on any atom is 0.308 e. The minimum Gasteiger partial charge on any atom is -0.481 e. The first-order valence-corrected chi connectivity index (χ1v) is 6.18. The zero-order valence-electron chi connectivity index (χ0n) is 10.6. The van der Waals surface area contributed by atoms with Gasteiger partial charge in [-0.25, -0.2) is 0 Å². The Hall–Kier alpha value is -1.78. The van der Waals surface area contributed by atoms with Crippen LogP contribution in [0.5, 0.6) is 0 Å². The van der Waals surface area contributed by atoms with Gasteiger partial charge in [-0.05, 0) is 32.8 Å². The number of carbonyl (C=O) groups is 2. The number of carboxylic acids is 1. The molecule has 1 aliphatic rings. The molecule has 1 aliphatic heterocycles. The van der Waals surface area contributed by atoms with Gasteiger partial charge in [0.25, 0.3) is 5.91 Å². The number of carbonyl (C=O) groups excluding carboxylic acids is 1. The summed E-state index contributed by atoms with van der Waals surface area (Å²) < 4.78 is 0. The highest BCUT2D eigenvalue weighted by molar-refractivity contribution is 5.95. The molecule has 0 bridgehead atoms. The number of rotatable bonds is 2. The fraction of sp³-hybridized carbons (Fsp3) is 0.538. The summed E-state index contributed by atoms with van der Waals surface area (Å²) in [6, 6.07) is 1.84. The average Bonchev–Trinajstić information content (AvgIpc) is 2.75. The van der Waals surface area contributed by atoms with Crippen LogP contribution in [0.4, 0.5) is 0 Å². The van der Waals surface area contributed by atoms with Crippen molar-refractivity contribution in [2.45, 2.75) is 32.7 Å². The molecule has 2 rings (SSSR count). The topological polar surface area (TPSA) is 73.4 Å². The molecule has 0 spiro atoms. The zero-order chi connectivity index (χ0) is 13.3. The molecule has 18 heavy (non-hydrogen) atoms. The molecule has 2 unspecified atom stereocenters. The lowest BCUT2D eigenvalue weighted by atomic mass is 9.93. The van der Waals surface area contributed by atoms with Crippen molar-refractivity contribution >= 4 is 11.9 Å². The Labute approximate surface area is 106 Å². The van der Waals surface area contributed by atoms with Crippen molar-refractivity contribution in [3.63, 3.8) is 0 Å². The minimum absolute atomic E-state index is 0.0767. The van der Waals surface area contributed by atoms with E-state index in [1.165, 1.54) is 0 Å². The monoisotopic (exact) mass is 250 g/mol. The lowest BCUT2D eigenvalue weighted by molar-refractivity contribution is -0.143. The SMILES string of the molecule is Cc1[nH]ccc1C(=O)N1CC(C(=O)O)CCC1C. The van der Waals surface area contributed by atoms with Gasteiger partial charge in [0.05, 0.1) is 11.5 Å². The second kappa shape index (κ2) is 4.84. The zero-order valence-corrected chi connectivity index (χ0v) is 10.6. The molecule has 1 saturated heterocycles. The second-order valence-corrected chi connectivity index (χ2v) is 4.94. The van der Waals surface area contributed by atoms with Gasteiger partial charge in [-0.3, -0.25) is 9.59 Å². The first kappa shape index (κ1) is 12.7. The Morgan fingerprint density at radius 2 is 2.17 bits per heavy atom. The summed E-state index contributed by atoms with van der Waals surface area (Å²) in [6.45, 7) is 4.12. The molecule has 2 N–H and O–H groups in total. The molecule has 1 aromatic rings. The van der Waals surface area contributed by atoms with E-state index in [0.29, 0.717) is 18.5 Å². The summed E-state index contributed by atoms with van der Waals surface area (Å²) in [6.07, 6.45) is 3.12. The molecular formula is C13H18N2O3. The van der Waals surface area contributed by atoms with Crippen LogP contribution in [-0.2, 0) is 4.79 Å². The van der Waals surface area contributed by atoms with E-state index in [-0.39, 0.29) is 11.9 Å². The third-order valence-corrected chi connectivity index (χ3v) is 3.68. The maximum atomic E-state index is 12.4. The van der Waals surface area contributed by atoms with Gasteiger partial charge in [-0.2, -0.15) is 0 Å². The van der Waals surface area contributed by atoms with Gasteiger partial charge in [0.15, 0.2) is 0 Å². The van der Waals surface area contributed by atoms with E-state index >= 15 is 0 Å². The van der Waals surface area contributed by atoms with Gasteiger partial charge in [-0.15, -0.1) is 0 Å². The van der Waals surface area contributed by atoms with E-state index in [9.17, 15) is 9.59 Å². The molecular weight excluding hydrogens is 232 g/mol. The fourth-order valence-corrected chi connectivity index (χ4v) is 2.43. The van der Waals surface area contributed by atoms with Gasteiger partial charge in [0.2, 0.25) is 0 Å². The minimum atomic E-state index is -0.814. The second-order valence-electron chi connectivity index (χ2n) is 4.94. The molecule has 2 heterocycles. The van der Waals surface area contributed by atoms with Gasteiger partial charge in [0.1, 0.15) is 0 Å². The van der Waals surface area contributed by atoms with Crippen molar-refractivity contribution in [3.8, 4) is 0 Å². The summed E-state index contributed by atoms with van der Waals surface area (Å²) in [4.78, 5) is 28.1. The number of nitrogens with zero attached hydrogens (tertiary/aromatic N) is 1. The highest BCUT2D eigenvalue weighted by Gasteiger charge is 2.33. The van der Waals surface area contributed by atoms with Crippen LogP contribution in [0.15, 0.2) is 12.3 Å². The molecule has 1 fully saturated rings.